The maximum absolute atomic E-state index is 2.51. The lowest BCUT2D eigenvalue weighted by atomic mass is 9.93. The molecule has 1 heterocycles. The van der Waals surface area contributed by atoms with Crippen molar-refractivity contribution in [1.29, 1.82) is 0 Å². The third-order valence-electron chi connectivity index (χ3n) is 6.04. The summed E-state index contributed by atoms with van der Waals surface area (Å²) in [4.78, 5) is 0. The van der Waals surface area contributed by atoms with Gasteiger partial charge >= 0.3 is 0 Å². The quantitative estimate of drug-likeness (QED) is 0.429. The molecule has 1 heteroatoms. The number of fused-ring (bicyclic) bond motifs is 5. The minimum absolute atomic E-state index is 1.31. The zero-order chi connectivity index (χ0) is 18.4. The van der Waals surface area contributed by atoms with E-state index in [0.717, 1.165) is 0 Å². The van der Waals surface area contributed by atoms with Gasteiger partial charge in [0.25, 0.3) is 0 Å². The van der Waals surface area contributed by atoms with Crippen molar-refractivity contribution in [2.24, 2.45) is 0 Å². The Morgan fingerprint density at radius 2 is 1.07 bits per heavy atom. The zero-order valence-corrected chi connectivity index (χ0v) is 16.7. The van der Waals surface area contributed by atoms with Crippen molar-refractivity contribution in [3.05, 3.63) is 103 Å². The van der Waals surface area contributed by atoms with Crippen molar-refractivity contribution in [3.8, 4) is 22.3 Å². The first-order valence-electron chi connectivity index (χ1n) is 9.55. The second-order valence-electron chi connectivity index (χ2n) is 7.63. The predicted molar refractivity (Wildman–Crippen MR) is 119 cm³/mol. The van der Waals surface area contributed by atoms with E-state index in [4.69, 9.17) is 0 Å². The van der Waals surface area contributed by atoms with Crippen LogP contribution in [0.25, 0.3) is 22.3 Å². The molecule has 4 aromatic carbocycles. The number of aryl methyl sites for hydroxylation is 1. The molecule has 0 aliphatic carbocycles. The maximum Gasteiger partial charge on any atom is 0.147 e. The van der Waals surface area contributed by atoms with Crippen molar-refractivity contribution in [3.63, 3.8) is 0 Å². The van der Waals surface area contributed by atoms with Crippen molar-refractivity contribution in [2.45, 2.75) is 13.5 Å². The summed E-state index contributed by atoms with van der Waals surface area (Å²) >= 11 is 0. The lowest BCUT2D eigenvalue weighted by molar-refractivity contribution is 1.47. The van der Waals surface area contributed by atoms with Crippen LogP contribution in [-0.2, 0) is 0 Å². The van der Waals surface area contributed by atoms with Gasteiger partial charge in [0, 0.05) is 0 Å². The van der Waals surface area contributed by atoms with Gasteiger partial charge in [-0.05, 0) is 44.7 Å². The Morgan fingerprint density at radius 1 is 0.519 bits per heavy atom. The Balaban J connectivity index is 1.98. The van der Waals surface area contributed by atoms with Crippen LogP contribution in [0.4, 0.5) is 0 Å². The highest BCUT2D eigenvalue weighted by Gasteiger charge is 2.40. The van der Waals surface area contributed by atoms with Crippen LogP contribution in [0.15, 0.2) is 97.1 Å². The van der Waals surface area contributed by atoms with Crippen LogP contribution in [0.1, 0.15) is 5.56 Å². The lowest BCUT2D eigenvalue weighted by Gasteiger charge is -2.31. The van der Waals surface area contributed by atoms with E-state index in [9.17, 15) is 0 Å². The summed E-state index contributed by atoms with van der Waals surface area (Å²) in [7, 11) is -2.12. The average Bonchev–Trinajstić information content (AvgIpc) is 2.82. The molecule has 0 nitrogen and oxygen atoms in total. The normalized spacial score (nSPS) is 17.4. The van der Waals surface area contributed by atoms with E-state index in [0.29, 0.717) is 0 Å². The zero-order valence-electron chi connectivity index (χ0n) is 15.7. The molecule has 0 N–H and O–H groups in total. The molecule has 1 unspecified atom stereocenters. The summed E-state index contributed by atoms with van der Waals surface area (Å²) < 4.78 is 0. The van der Waals surface area contributed by atoms with Gasteiger partial charge in [0.1, 0.15) is 8.07 Å². The predicted octanol–water partition coefficient (Wildman–Crippen LogP) is 4.74. The Morgan fingerprint density at radius 3 is 1.74 bits per heavy atom. The molecule has 1 aliphatic rings. The van der Waals surface area contributed by atoms with Gasteiger partial charge in [-0.3, -0.25) is 0 Å². The second-order valence-corrected chi connectivity index (χ2v) is 11.5. The summed E-state index contributed by atoms with van der Waals surface area (Å²) in [6, 6.07) is 36.1. The molecule has 27 heavy (non-hydrogen) atoms. The molecule has 0 spiro atoms. The fourth-order valence-electron chi connectivity index (χ4n) is 4.65. The number of hydrogen-bond acceptors (Lipinski definition) is 0. The van der Waals surface area contributed by atoms with E-state index in [1.54, 1.807) is 0 Å². The molecule has 0 aromatic heterocycles. The molecule has 1 atom stereocenters. The van der Waals surface area contributed by atoms with Crippen LogP contribution < -0.4 is 15.6 Å². The molecule has 0 radical (unpaired) electrons. The highest BCUT2D eigenvalue weighted by Crippen LogP contribution is 2.36. The van der Waals surface area contributed by atoms with Crippen LogP contribution >= 0.6 is 0 Å². The van der Waals surface area contributed by atoms with Crippen LogP contribution in [0.2, 0.25) is 6.55 Å². The molecule has 0 fully saturated rings. The van der Waals surface area contributed by atoms with Gasteiger partial charge in [-0.15, -0.1) is 0 Å². The van der Waals surface area contributed by atoms with Crippen molar-refractivity contribution >= 4 is 23.6 Å². The topological polar surface area (TPSA) is 0 Å². The lowest BCUT2D eigenvalue weighted by Crippen LogP contribution is -2.65. The average molecular weight is 363 g/mol. The number of rotatable bonds is 1. The van der Waals surface area contributed by atoms with E-state index in [1.165, 1.54) is 43.4 Å². The summed E-state index contributed by atoms with van der Waals surface area (Å²) in [6.45, 7) is 4.70. The summed E-state index contributed by atoms with van der Waals surface area (Å²) in [5.41, 5.74) is 6.82. The third-order valence-corrected chi connectivity index (χ3v) is 10.6. The van der Waals surface area contributed by atoms with Gasteiger partial charge in [-0.1, -0.05) is 109 Å². The Kier molecular flexibility index (Phi) is 3.66. The molecule has 0 amide bonds. The molecule has 0 saturated carbocycles. The Hall–Kier alpha value is -2.90. The Bertz CT molecular complexity index is 1140. The monoisotopic (exact) mass is 362 g/mol. The van der Waals surface area contributed by atoms with Gasteiger partial charge in [-0.25, -0.2) is 0 Å². The van der Waals surface area contributed by atoms with E-state index in [1.807, 2.05) is 0 Å². The van der Waals surface area contributed by atoms with Crippen LogP contribution in [-0.4, -0.2) is 8.07 Å². The van der Waals surface area contributed by atoms with Gasteiger partial charge in [0.2, 0.25) is 0 Å². The van der Waals surface area contributed by atoms with Gasteiger partial charge in [0.15, 0.2) is 0 Å². The van der Waals surface area contributed by atoms with Gasteiger partial charge in [-0.2, -0.15) is 0 Å². The van der Waals surface area contributed by atoms with E-state index in [2.05, 4.69) is 111 Å². The molecule has 5 rings (SSSR count). The molecule has 0 saturated heterocycles. The summed E-state index contributed by atoms with van der Waals surface area (Å²) in [5.74, 6) is 0. The molecule has 1 aliphatic heterocycles. The Labute approximate surface area is 162 Å². The fourth-order valence-corrected chi connectivity index (χ4v) is 8.80. The smallest absolute Gasteiger partial charge is 0.0624 e. The van der Waals surface area contributed by atoms with Gasteiger partial charge in [0.05, 0.1) is 0 Å². The fraction of sp³-hybridized carbons (Fsp3) is 0.0769. The molecular formula is C26H22Si. The molecule has 0 bridgehead atoms. The van der Waals surface area contributed by atoms with E-state index < -0.39 is 8.07 Å². The summed E-state index contributed by atoms with van der Waals surface area (Å²) in [6.07, 6.45) is 0. The first kappa shape index (κ1) is 16.3. The highest BCUT2D eigenvalue weighted by molar-refractivity contribution is 7.12. The number of hydrogen-bond donors (Lipinski definition) is 0. The van der Waals surface area contributed by atoms with Crippen molar-refractivity contribution in [2.75, 3.05) is 0 Å². The van der Waals surface area contributed by atoms with Crippen molar-refractivity contribution < 1.29 is 0 Å². The van der Waals surface area contributed by atoms with Crippen LogP contribution in [0.5, 0.6) is 0 Å². The van der Waals surface area contributed by atoms with Gasteiger partial charge < -0.3 is 0 Å². The first-order valence-corrected chi connectivity index (χ1v) is 12.1. The minimum Gasteiger partial charge on any atom is -0.0624 e. The van der Waals surface area contributed by atoms with Crippen molar-refractivity contribution in [1.82, 2.24) is 0 Å². The molecular weight excluding hydrogens is 340 g/mol. The largest absolute Gasteiger partial charge is 0.147 e. The molecule has 4 aromatic rings. The highest BCUT2D eigenvalue weighted by atomic mass is 28.3. The molecule has 130 valence electrons. The SMILES string of the molecule is Cc1ccc2c(c1)-c1ccccc1[Si](C)(c1ccccc1)c1ccccc1-2. The summed E-state index contributed by atoms with van der Waals surface area (Å²) in [5, 5.41) is 4.48. The van der Waals surface area contributed by atoms with Crippen LogP contribution in [0.3, 0.4) is 0 Å². The standard InChI is InChI=1S/C26H22Si/c1-19-16-17-21-22-12-6-8-14-25(22)27(2,20-10-4-3-5-11-20)26-15-9-7-13-23(26)24(21)18-19/h3-18H,1-2H3. The maximum atomic E-state index is 2.51. The second kappa shape index (κ2) is 6.07. The van der Waals surface area contributed by atoms with Crippen LogP contribution in [0, 0.1) is 6.92 Å². The number of benzene rings is 4. The minimum atomic E-state index is -2.12. The first-order chi connectivity index (χ1) is 13.2. The van der Waals surface area contributed by atoms with E-state index in [-0.39, 0.29) is 0 Å². The third kappa shape index (κ3) is 2.35. The van der Waals surface area contributed by atoms with E-state index >= 15 is 0 Å².